The maximum absolute atomic E-state index is 11.0. The van der Waals surface area contributed by atoms with Gasteiger partial charge in [0.25, 0.3) is 0 Å². The third kappa shape index (κ3) is 4.93. The first kappa shape index (κ1) is 18.2. The highest BCUT2D eigenvalue weighted by Gasteiger charge is 2.09. The van der Waals surface area contributed by atoms with E-state index >= 15 is 0 Å². The predicted octanol–water partition coefficient (Wildman–Crippen LogP) is 1.83. The van der Waals surface area contributed by atoms with E-state index in [9.17, 15) is 4.79 Å². The van der Waals surface area contributed by atoms with E-state index in [0.29, 0.717) is 18.2 Å². The van der Waals surface area contributed by atoms with Crippen LogP contribution in [0.5, 0.6) is 5.88 Å². The van der Waals surface area contributed by atoms with E-state index in [1.165, 1.54) is 0 Å². The number of urea groups is 1. The lowest BCUT2D eigenvalue weighted by Gasteiger charge is -2.26. The number of aryl methyl sites for hydroxylation is 1. The number of hydrogen-bond acceptors (Lipinski definition) is 5. The van der Waals surface area contributed by atoms with Crippen LogP contribution in [0.1, 0.15) is 5.56 Å². The van der Waals surface area contributed by atoms with Crippen LogP contribution in [0.25, 0.3) is 11.1 Å². The number of piperazine rings is 1. The van der Waals surface area contributed by atoms with Crippen LogP contribution in [-0.2, 0) is 0 Å². The van der Waals surface area contributed by atoms with Crippen molar-refractivity contribution in [1.82, 2.24) is 15.2 Å². The van der Waals surface area contributed by atoms with Crippen LogP contribution in [-0.4, -0.2) is 55.2 Å². The molecule has 4 N–H and O–H groups in total. The fourth-order valence-corrected chi connectivity index (χ4v) is 2.99. The molecular weight excluding hydrogens is 330 g/mol. The summed E-state index contributed by atoms with van der Waals surface area (Å²) in [6.07, 6.45) is 1.79. The van der Waals surface area contributed by atoms with Gasteiger partial charge in [-0.2, -0.15) is 0 Å². The van der Waals surface area contributed by atoms with Gasteiger partial charge < -0.3 is 21.1 Å². The van der Waals surface area contributed by atoms with Crippen molar-refractivity contribution in [3.05, 3.63) is 42.1 Å². The lowest BCUT2D eigenvalue weighted by atomic mass is 10.0. The number of hydrogen-bond donors (Lipinski definition) is 3. The summed E-state index contributed by atoms with van der Waals surface area (Å²) in [6, 6.07) is 8.93. The molecule has 0 aliphatic carbocycles. The second-order valence-electron chi connectivity index (χ2n) is 6.34. The molecule has 7 nitrogen and oxygen atoms in total. The van der Waals surface area contributed by atoms with Gasteiger partial charge in [0.1, 0.15) is 6.61 Å². The molecule has 0 atom stereocenters. The lowest BCUT2D eigenvalue weighted by Crippen LogP contribution is -2.44. The minimum atomic E-state index is -0.578. The summed E-state index contributed by atoms with van der Waals surface area (Å²) < 4.78 is 5.76. The molecule has 1 fully saturated rings. The normalized spacial score (nSPS) is 14.8. The van der Waals surface area contributed by atoms with Crippen molar-refractivity contribution in [2.24, 2.45) is 5.73 Å². The zero-order chi connectivity index (χ0) is 18.4. The Labute approximate surface area is 153 Å². The molecule has 0 saturated carbocycles. The molecule has 2 heterocycles. The summed E-state index contributed by atoms with van der Waals surface area (Å²) in [5.41, 5.74) is 8.90. The molecule has 0 radical (unpaired) electrons. The first-order chi connectivity index (χ1) is 12.6. The van der Waals surface area contributed by atoms with Gasteiger partial charge >= 0.3 is 6.03 Å². The third-order valence-corrected chi connectivity index (χ3v) is 4.42. The van der Waals surface area contributed by atoms with Crippen molar-refractivity contribution in [2.75, 3.05) is 44.6 Å². The number of rotatable bonds is 6. The van der Waals surface area contributed by atoms with Gasteiger partial charge in [0.2, 0.25) is 5.88 Å². The van der Waals surface area contributed by atoms with E-state index in [0.717, 1.165) is 49.4 Å². The number of benzene rings is 1. The fourth-order valence-electron chi connectivity index (χ4n) is 2.99. The SMILES string of the molecule is Cc1ccc(NC(N)=O)cc1-c1ccc(OCCN2CCNCC2)nc1. The Kier molecular flexibility index (Phi) is 6.04. The van der Waals surface area contributed by atoms with Crippen LogP contribution < -0.4 is 21.1 Å². The van der Waals surface area contributed by atoms with Crippen molar-refractivity contribution in [2.45, 2.75) is 6.92 Å². The zero-order valence-corrected chi connectivity index (χ0v) is 15.0. The van der Waals surface area contributed by atoms with Crippen molar-refractivity contribution < 1.29 is 9.53 Å². The molecule has 0 spiro atoms. The molecule has 0 unspecified atom stereocenters. The number of nitrogens with one attached hydrogen (secondary N) is 2. The number of carbonyl (C=O) groups excluding carboxylic acids is 1. The summed E-state index contributed by atoms with van der Waals surface area (Å²) in [6.45, 7) is 7.75. The van der Waals surface area contributed by atoms with Crippen LogP contribution in [0.4, 0.5) is 10.5 Å². The largest absolute Gasteiger partial charge is 0.476 e. The lowest BCUT2D eigenvalue weighted by molar-refractivity contribution is 0.188. The molecule has 138 valence electrons. The number of amides is 2. The molecule has 2 amide bonds. The second-order valence-corrected chi connectivity index (χ2v) is 6.34. The molecule has 3 rings (SSSR count). The molecule has 1 aliphatic rings. The summed E-state index contributed by atoms with van der Waals surface area (Å²) in [5.74, 6) is 0.618. The molecule has 2 aromatic rings. The second kappa shape index (κ2) is 8.64. The Bertz CT molecular complexity index is 742. The molecule has 1 aromatic carbocycles. The minimum absolute atomic E-state index is 0.578. The highest BCUT2D eigenvalue weighted by molar-refractivity contribution is 5.89. The van der Waals surface area contributed by atoms with Gasteiger partial charge in [0.05, 0.1) is 0 Å². The number of aromatic nitrogens is 1. The molecule has 1 aromatic heterocycles. The van der Waals surface area contributed by atoms with Crippen molar-refractivity contribution >= 4 is 11.7 Å². The summed E-state index contributed by atoms with van der Waals surface area (Å²) >= 11 is 0. The third-order valence-electron chi connectivity index (χ3n) is 4.42. The number of nitrogens with two attached hydrogens (primary N) is 1. The van der Waals surface area contributed by atoms with Crippen LogP contribution in [0.3, 0.4) is 0 Å². The van der Waals surface area contributed by atoms with Crippen molar-refractivity contribution in [3.8, 4) is 17.0 Å². The van der Waals surface area contributed by atoms with E-state index < -0.39 is 6.03 Å². The van der Waals surface area contributed by atoms with Gasteiger partial charge in [-0.1, -0.05) is 6.07 Å². The molecule has 1 aliphatic heterocycles. The van der Waals surface area contributed by atoms with Crippen LogP contribution in [0.15, 0.2) is 36.5 Å². The smallest absolute Gasteiger partial charge is 0.316 e. The summed E-state index contributed by atoms with van der Waals surface area (Å²) in [5, 5.41) is 5.94. The van der Waals surface area contributed by atoms with Crippen LogP contribution in [0, 0.1) is 6.92 Å². The standard InChI is InChI=1S/C19H25N5O2/c1-14-2-4-16(23-19(20)25)12-17(14)15-3-5-18(22-13-15)26-11-10-24-8-6-21-7-9-24/h2-5,12-13,21H,6-11H2,1H3,(H3,20,23,25). The molecule has 1 saturated heterocycles. The van der Waals surface area contributed by atoms with Crippen molar-refractivity contribution in [1.29, 1.82) is 0 Å². The van der Waals surface area contributed by atoms with E-state index in [4.69, 9.17) is 10.5 Å². The van der Waals surface area contributed by atoms with Crippen LogP contribution >= 0.6 is 0 Å². The van der Waals surface area contributed by atoms with Gasteiger partial charge in [-0.3, -0.25) is 4.90 Å². The van der Waals surface area contributed by atoms with Gasteiger partial charge in [-0.15, -0.1) is 0 Å². The number of nitrogens with zero attached hydrogens (tertiary/aromatic N) is 2. The van der Waals surface area contributed by atoms with E-state index in [2.05, 4.69) is 20.5 Å². The highest BCUT2D eigenvalue weighted by atomic mass is 16.5. The summed E-state index contributed by atoms with van der Waals surface area (Å²) in [4.78, 5) is 17.8. The zero-order valence-electron chi connectivity index (χ0n) is 15.0. The highest BCUT2D eigenvalue weighted by Crippen LogP contribution is 2.27. The number of carbonyl (C=O) groups is 1. The molecule has 7 heteroatoms. The van der Waals surface area contributed by atoms with Gasteiger partial charge in [-0.05, 0) is 36.2 Å². The van der Waals surface area contributed by atoms with Gasteiger partial charge in [-0.25, -0.2) is 9.78 Å². The van der Waals surface area contributed by atoms with E-state index in [1.807, 2.05) is 37.3 Å². The molecule has 0 bridgehead atoms. The predicted molar refractivity (Wildman–Crippen MR) is 102 cm³/mol. The number of ether oxygens (including phenoxy) is 1. The fraction of sp³-hybridized carbons (Fsp3) is 0.368. The average molecular weight is 355 g/mol. The Hall–Kier alpha value is -2.64. The van der Waals surface area contributed by atoms with Gasteiger partial charge in [0.15, 0.2) is 0 Å². The number of primary amides is 1. The Balaban J connectivity index is 1.61. The topological polar surface area (TPSA) is 92.5 Å². The average Bonchev–Trinajstić information content (AvgIpc) is 2.64. The van der Waals surface area contributed by atoms with E-state index in [1.54, 1.807) is 6.20 Å². The first-order valence-electron chi connectivity index (χ1n) is 8.81. The maximum atomic E-state index is 11.0. The number of anilines is 1. The molecule has 26 heavy (non-hydrogen) atoms. The van der Waals surface area contributed by atoms with E-state index in [-0.39, 0.29) is 0 Å². The van der Waals surface area contributed by atoms with Gasteiger partial charge in [0, 0.05) is 56.2 Å². The Morgan fingerprint density at radius 2 is 2.12 bits per heavy atom. The van der Waals surface area contributed by atoms with Crippen LogP contribution in [0.2, 0.25) is 0 Å². The van der Waals surface area contributed by atoms with Crippen molar-refractivity contribution in [3.63, 3.8) is 0 Å². The summed E-state index contributed by atoms with van der Waals surface area (Å²) in [7, 11) is 0. The maximum Gasteiger partial charge on any atom is 0.316 e. The Morgan fingerprint density at radius 3 is 2.81 bits per heavy atom. The monoisotopic (exact) mass is 355 g/mol. The Morgan fingerprint density at radius 1 is 1.31 bits per heavy atom. The minimum Gasteiger partial charge on any atom is -0.476 e. The molecular formula is C19H25N5O2. The number of pyridine rings is 1. The quantitative estimate of drug-likeness (QED) is 0.735. The first-order valence-corrected chi connectivity index (χ1v) is 8.81.